The van der Waals surface area contributed by atoms with Crippen LogP contribution in [0.3, 0.4) is 0 Å². The van der Waals surface area contributed by atoms with Gasteiger partial charge in [0.15, 0.2) is 0 Å². The van der Waals surface area contributed by atoms with Gasteiger partial charge in [-0.05, 0) is 37.3 Å². The minimum atomic E-state index is -0.900. The SMILES string of the molecule is COc1ccc(Cl)cc1NC(=O)[C@H](C)n1ncc(-c2ccc(Cl)cc2)nc1=O. The quantitative estimate of drug-likeness (QED) is 0.680. The van der Waals surface area contributed by atoms with Crippen LogP contribution in [0.4, 0.5) is 5.69 Å². The monoisotopic (exact) mass is 418 g/mol. The van der Waals surface area contributed by atoms with Gasteiger partial charge in [-0.2, -0.15) is 10.1 Å². The van der Waals surface area contributed by atoms with Crippen molar-refractivity contribution < 1.29 is 9.53 Å². The molecule has 0 bridgehead atoms. The van der Waals surface area contributed by atoms with Gasteiger partial charge in [0.1, 0.15) is 11.8 Å². The van der Waals surface area contributed by atoms with Gasteiger partial charge in [0, 0.05) is 15.6 Å². The molecule has 7 nitrogen and oxygen atoms in total. The van der Waals surface area contributed by atoms with Crippen molar-refractivity contribution in [2.45, 2.75) is 13.0 Å². The van der Waals surface area contributed by atoms with Gasteiger partial charge < -0.3 is 10.1 Å². The molecule has 1 amide bonds. The van der Waals surface area contributed by atoms with Crippen molar-refractivity contribution in [1.82, 2.24) is 14.8 Å². The second kappa shape index (κ2) is 8.41. The summed E-state index contributed by atoms with van der Waals surface area (Å²) in [6.07, 6.45) is 1.42. The molecule has 144 valence electrons. The minimum absolute atomic E-state index is 0.391. The lowest BCUT2D eigenvalue weighted by Crippen LogP contribution is -2.34. The van der Waals surface area contributed by atoms with Gasteiger partial charge in [0.05, 0.1) is 24.7 Å². The van der Waals surface area contributed by atoms with Gasteiger partial charge in [-0.25, -0.2) is 9.48 Å². The number of carbonyl (C=O) groups excluding carboxylic acids is 1. The first-order valence-corrected chi connectivity index (χ1v) is 9.01. The van der Waals surface area contributed by atoms with Crippen molar-refractivity contribution >= 4 is 34.8 Å². The standard InChI is InChI=1S/C19H16Cl2N4O3/c1-11(18(26)23-15-9-14(21)7-8-17(15)28-2)25-19(27)24-16(10-22-25)12-3-5-13(20)6-4-12/h3-11H,1-2H3,(H,23,26)/t11-/m0/s1. The summed E-state index contributed by atoms with van der Waals surface area (Å²) in [5.74, 6) is -0.0160. The number of anilines is 1. The number of hydrogen-bond donors (Lipinski definition) is 1. The molecule has 1 atom stereocenters. The van der Waals surface area contributed by atoms with Gasteiger partial charge in [0.25, 0.3) is 0 Å². The summed E-state index contributed by atoms with van der Waals surface area (Å²) in [5, 5.41) is 7.79. The smallest absolute Gasteiger partial charge is 0.365 e. The van der Waals surface area contributed by atoms with Crippen LogP contribution in [-0.4, -0.2) is 27.8 Å². The first-order valence-electron chi connectivity index (χ1n) is 8.25. The number of carbonyl (C=O) groups is 1. The molecule has 0 unspecified atom stereocenters. The number of amides is 1. The summed E-state index contributed by atoms with van der Waals surface area (Å²) in [4.78, 5) is 29.0. The Morgan fingerprint density at radius 1 is 1.14 bits per heavy atom. The third kappa shape index (κ3) is 4.32. The van der Waals surface area contributed by atoms with Crippen molar-refractivity contribution in [3.05, 3.63) is 69.2 Å². The van der Waals surface area contributed by atoms with Crippen LogP contribution >= 0.6 is 23.2 Å². The Morgan fingerprint density at radius 2 is 1.82 bits per heavy atom. The Bertz CT molecular complexity index is 1070. The average molecular weight is 419 g/mol. The molecule has 1 aromatic heterocycles. The summed E-state index contributed by atoms with van der Waals surface area (Å²) < 4.78 is 6.21. The van der Waals surface area contributed by atoms with E-state index in [0.29, 0.717) is 32.7 Å². The highest BCUT2D eigenvalue weighted by atomic mass is 35.5. The molecule has 3 rings (SSSR count). The number of halogens is 2. The number of aromatic nitrogens is 3. The second-order valence-electron chi connectivity index (χ2n) is 5.89. The lowest BCUT2D eigenvalue weighted by Gasteiger charge is -2.15. The normalized spacial score (nSPS) is 11.7. The number of ether oxygens (including phenoxy) is 1. The molecule has 1 heterocycles. The van der Waals surface area contributed by atoms with E-state index in [0.717, 1.165) is 4.68 Å². The highest BCUT2D eigenvalue weighted by molar-refractivity contribution is 6.31. The molecule has 28 heavy (non-hydrogen) atoms. The van der Waals surface area contributed by atoms with Crippen LogP contribution in [0.1, 0.15) is 13.0 Å². The molecular weight excluding hydrogens is 403 g/mol. The van der Waals surface area contributed by atoms with Gasteiger partial charge in [-0.1, -0.05) is 35.3 Å². The van der Waals surface area contributed by atoms with E-state index < -0.39 is 17.6 Å². The Morgan fingerprint density at radius 3 is 2.46 bits per heavy atom. The van der Waals surface area contributed by atoms with Crippen molar-refractivity contribution in [1.29, 1.82) is 0 Å². The molecule has 0 spiro atoms. The Hall–Kier alpha value is -2.90. The first kappa shape index (κ1) is 19.9. The van der Waals surface area contributed by atoms with Crippen LogP contribution in [0.15, 0.2) is 53.5 Å². The predicted octanol–water partition coefficient (Wildman–Crippen LogP) is 3.82. The van der Waals surface area contributed by atoms with E-state index in [1.807, 2.05) is 0 Å². The van der Waals surface area contributed by atoms with E-state index in [1.165, 1.54) is 13.3 Å². The van der Waals surface area contributed by atoms with E-state index in [1.54, 1.807) is 49.4 Å². The molecule has 9 heteroatoms. The maximum atomic E-state index is 12.6. The van der Waals surface area contributed by atoms with Gasteiger partial charge in [0.2, 0.25) is 5.91 Å². The molecule has 0 fully saturated rings. The molecule has 0 radical (unpaired) electrons. The molecule has 0 aliphatic rings. The fraction of sp³-hybridized carbons (Fsp3) is 0.158. The summed E-state index contributed by atoms with van der Waals surface area (Å²) in [5.41, 5.74) is 0.836. The molecule has 0 aliphatic carbocycles. The number of nitrogens with zero attached hydrogens (tertiary/aromatic N) is 3. The number of hydrogen-bond acceptors (Lipinski definition) is 5. The van der Waals surface area contributed by atoms with Crippen molar-refractivity contribution in [2.75, 3.05) is 12.4 Å². The maximum Gasteiger partial charge on any atom is 0.365 e. The van der Waals surface area contributed by atoms with Crippen LogP contribution in [0, 0.1) is 0 Å². The predicted molar refractivity (Wildman–Crippen MR) is 108 cm³/mol. The largest absolute Gasteiger partial charge is 0.495 e. The highest BCUT2D eigenvalue weighted by Gasteiger charge is 2.20. The van der Waals surface area contributed by atoms with Crippen molar-refractivity contribution in [3.8, 4) is 17.0 Å². The average Bonchev–Trinajstić information content (AvgIpc) is 2.68. The zero-order valence-electron chi connectivity index (χ0n) is 15.0. The van der Waals surface area contributed by atoms with E-state index in [9.17, 15) is 9.59 Å². The maximum absolute atomic E-state index is 12.6. The molecule has 0 saturated heterocycles. The Labute approximate surface area is 170 Å². The minimum Gasteiger partial charge on any atom is -0.495 e. The molecular formula is C19H16Cl2N4O3. The third-order valence-electron chi connectivity index (χ3n) is 4.02. The van der Waals surface area contributed by atoms with Crippen molar-refractivity contribution in [2.24, 2.45) is 0 Å². The number of nitrogens with one attached hydrogen (secondary N) is 1. The molecule has 0 saturated carbocycles. The zero-order valence-corrected chi connectivity index (χ0v) is 16.5. The summed E-state index contributed by atoms with van der Waals surface area (Å²) in [6.45, 7) is 1.55. The zero-order chi connectivity index (χ0) is 20.3. The highest BCUT2D eigenvalue weighted by Crippen LogP contribution is 2.28. The Kier molecular flexibility index (Phi) is 5.96. The fourth-order valence-electron chi connectivity index (χ4n) is 2.50. The molecule has 0 aliphatic heterocycles. The van der Waals surface area contributed by atoms with Crippen LogP contribution in [0.2, 0.25) is 10.0 Å². The summed E-state index contributed by atoms with van der Waals surface area (Å²) >= 11 is 11.8. The summed E-state index contributed by atoms with van der Waals surface area (Å²) in [7, 11) is 1.48. The lowest BCUT2D eigenvalue weighted by atomic mass is 10.2. The van der Waals surface area contributed by atoms with Gasteiger partial charge in [-0.15, -0.1) is 0 Å². The van der Waals surface area contributed by atoms with E-state index in [2.05, 4.69) is 15.4 Å². The lowest BCUT2D eigenvalue weighted by molar-refractivity contribution is -0.119. The summed E-state index contributed by atoms with van der Waals surface area (Å²) in [6, 6.07) is 10.8. The van der Waals surface area contributed by atoms with Gasteiger partial charge >= 0.3 is 5.69 Å². The van der Waals surface area contributed by atoms with Crippen molar-refractivity contribution in [3.63, 3.8) is 0 Å². The topological polar surface area (TPSA) is 86.1 Å². The van der Waals surface area contributed by atoms with Crippen LogP contribution in [0.5, 0.6) is 5.75 Å². The number of methoxy groups -OCH3 is 1. The van der Waals surface area contributed by atoms with E-state index in [-0.39, 0.29) is 0 Å². The Balaban J connectivity index is 1.83. The van der Waals surface area contributed by atoms with E-state index in [4.69, 9.17) is 27.9 Å². The van der Waals surface area contributed by atoms with Crippen LogP contribution in [-0.2, 0) is 4.79 Å². The molecule has 1 N–H and O–H groups in total. The third-order valence-corrected chi connectivity index (χ3v) is 4.51. The van der Waals surface area contributed by atoms with Crippen LogP contribution < -0.4 is 15.7 Å². The molecule has 3 aromatic rings. The number of rotatable bonds is 5. The first-order chi connectivity index (χ1) is 13.4. The van der Waals surface area contributed by atoms with E-state index >= 15 is 0 Å². The number of benzene rings is 2. The van der Waals surface area contributed by atoms with Gasteiger partial charge in [-0.3, -0.25) is 4.79 Å². The second-order valence-corrected chi connectivity index (χ2v) is 6.76. The molecule has 2 aromatic carbocycles. The fourth-order valence-corrected chi connectivity index (χ4v) is 2.80. The van der Waals surface area contributed by atoms with Crippen LogP contribution in [0.25, 0.3) is 11.3 Å².